The van der Waals surface area contributed by atoms with Gasteiger partial charge in [0, 0.05) is 11.0 Å². The second kappa shape index (κ2) is 6.88. The molecule has 4 saturated carbocycles. The summed E-state index contributed by atoms with van der Waals surface area (Å²) in [5, 5.41) is 21.6. The number of rotatable bonds is 1. The van der Waals surface area contributed by atoms with Crippen molar-refractivity contribution in [1.82, 2.24) is 0 Å². The molecule has 4 fully saturated rings. The van der Waals surface area contributed by atoms with Gasteiger partial charge in [0.25, 0.3) is 0 Å². The van der Waals surface area contributed by atoms with E-state index in [9.17, 15) is 10.2 Å². The number of aliphatic hydroxyl groups is 2. The van der Waals surface area contributed by atoms with Gasteiger partial charge in [0.1, 0.15) is 0 Å². The number of allylic oxidation sites excluding steroid dienone is 1. The average molecular weight is 458 g/mol. The van der Waals surface area contributed by atoms with Crippen LogP contribution in [0.5, 0.6) is 0 Å². The third kappa shape index (κ3) is 2.80. The van der Waals surface area contributed by atoms with E-state index < -0.39 is 5.54 Å². The van der Waals surface area contributed by atoms with Crippen molar-refractivity contribution in [2.24, 2.45) is 50.1 Å². The van der Waals surface area contributed by atoms with Crippen LogP contribution in [0.3, 0.4) is 0 Å². The van der Waals surface area contributed by atoms with Gasteiger partial charge in [-0.25, -0.2) is 0 Å². The first-order valence-corrected chi connectivity index (χ1v) is 13.9. The minimum absolute atomic E-state index is 0.0136. The van der Waals surface area contributed by atoms with E-state index in [4.69, 9.17) is 5.73 Å². The van der Waals surface area contributed by atoms with Crippen LogP contribution in [0.25, 0.3) is 0 Å². The van der Waals surface area contributed by atoms with E-state index in [1.54, 1.807) is 0 Å². The van der Waals surface area contributed by atoms with Gasteiger partial charge in [-0.05, 0) is 109 Å². The van der Waals surface area contributed by atoms with Gasteiger partial charge < -0.3 is 15.9 Å². The van der Waals surface area contributed by atoms with Crippen molar-refractivity contribution < 1.29 is 10.2 Å². The quantitative estimate of drug-likeness (QED) is 0.409. The molecule has 0 aliphatic heterocycles. The van der Waals surface area contributed by atoms with E-state index >= 15 is 0 Å². The molecule has 8 atom stereocenters. The summed E-state index contributed by atoms with van der Waals surface area (Å²) in [6, 6.07) is 0. The van der Waals surface area contributed by atoms with E-state index in [1.165, 1.54) is 18.4 Å². The van der Waals surface area contributed by atoms with Gasteiger partial charge in [-0.15, -0.1) is 0 Å². The Bertz CT molecular complexity index is 861. The topological polar surface area (TPSA) is 66.5 Å². The first-order chi connectivity index (χ1) is 15.1. The lowest BCUT2D eigenvalue weighted by molar-refractivity contribution is -0.206. The average Bonchev–Trinajstić information content (AvgIpc) is 2.71. The molecule has 5 aliphatic rings. The van der Waals surface area contributed by atoms with Crippen LogP contribution >= 0.6 is 0 Å². The van der Waals surface area contributed by atoms with Gasteiger partial charge in [0.2, 0.25) is 0 Å². The monoisotopic (exact) mass is 457 g/mol. The summed E-state index contributed by atoms with van der Waals surface area (Å²) in [5.41, 5.74) is 9.29. The number of hydrogen-bond acceptors (Lipinski definition) is 3. The number of aliphatic hydroxyl groups excluding tert-OH is 2. The first kappa shape index (κ1) is 24.3. The molecule has 2 unspecified atom stereocenters. The van der Waals surface area contributed by atoms with Gasteiger partial charge in [-0.1, -0.05) is 54.5 Å². The summed E-state index contributed by atoms with van der Waals surface area (Å²) < 4.78 is 0. The predicted octanol–water partition coefficient (Wildman–Crippen LogP) is 6.22. The van der Waals surface area contributed by atoms with Gasteiger partial charge in [0.15, 0.2) is 0 Å². The normalized spacial score (nSPS) is 54.8. The summed E-state index contributed by atoms with van der Waals surface area (Å²) in [4.78, 5) is 0. The maximum absolute atomic E-state index is 10.9. The number of nitrogens with two attached hydrogens (primary N) is 1. The van der Waals surface area contributed by atoms with Crippen LogP contribution in [0.1, 0.15) is 113 Å². The molecule has 3 nitrogen and oxygen atoms in total. The van der Waals surface area contributed by atoms with Crippen LogP contribution < -0.4 is 5.73 Å². The Kier molecular flexibility index (Phi) is 5.07. The molecule has 0 heterocycles. The van der Waals surface area contributed by atoms with Crippen molar-refractivity contribution in [2.75, 3.05) is 6.61 Å². The Balaban J connectivity index is 1.62. The summed E-state index contributed by atoms with van der Waals surface area (Å²) in [7, 11) is 0. The maximum atomic E-state index is 10.9. The molecular formula is C30H51NO2. The molecule has 0 amide bonds. The highest BCUT2D eigenvalue weighted by atomic mass is 16.3. The molecule has 0 radical (unpaired) electrons. The third-order valence-electron chi connectivity index (χ3n) is 13.3. The molecule has 3 heteroatoms. The smallest absolute Gasteiger partial charge is 0.0594 e. The zero-order valence-corrected chi connectivity index (χ0v) is 22.6. The lowest BCUT2D eigenvalue weighted by atomic mass is 9.32. The van der Waals surface area contributed by atoms with Crippen LogP contribution in [-0.2, 0) is 0 Å². The molecule has 0 spiro atoms. The van der Waals surface area contributed by atoms with E-state index in [2.05, 4.69) is 54.5 Å². The molecule has 5 rings (SSSR count). The third-order valence-corrected chi connectivity index (χ3v) is 13.3. The highest BCUT2D eigenvalue weighted by Gasteiger charge is 2.70. The SMILES string of the molecule is CC1(C)CC[C@]2(CO)CC[C@]3(C)C(=CCC4[C@@]5(C)CC[C@H](O)C(C)(C)C5CC[C@]43C)[C@]2(N)C1. The molecule has 0 aromatic carbocycles. The number of fused-ring (bicyclic) bond motifs is 7. The lowest BCUT2D eigenvalue weighted by Crippen LogP contribution is -2.72. The van der Waals surface area contributed by atoms with E-state index in [1.807, 2.05) is 0 Å². The van der Waals surface area contributed by atoms with Crippen LogP contribution in [0, 0.1) is 44.3 Å². The van der Waals surface area contributed by atoms with Gasteiger partial charge >= 0.3 is 0 Å². The van der Waals surface area contributed by atoms with Gasteiger partial charge in [-0.2, -0.15) is 0 Å². The molecule has 0 saturated heterocycles. The molecule has 0 aromatic heterocycles. The fraction of sp³-hybridized carbons (Fsp3) is 0.933. The highest BCUT2D eigenvalue weighted by molar-refractivity contribution is 5.41. The van der Waals surface area contributed by atoms with Crippen molar-refractivity contribution in [2.45, 2.75) is 124 Å². The number of hydrogen-bond donors (Lipinski definition) is 3. The molecule has 33 heavy (non-hydrogen) atoms. The summed E-state index contributed by atoms with van der Waals surface area (Å²) in [6.45, 7) is 17.3. The minimum Gasteiger partial charge on any atom is -0.396 e. The van der Waals surface area contributed by atoms with Crippen molar-refractivity contribution >= 4 is 0 Å². The molecule has 4 N–H and O–H groups in total. The fourth-order valence-corrected chi connectivity index (χ4v) is 10.9. The zero-order valence-electron chi connectivity index (χ0n) is 22.6. The molecular weight excluding hydrogens is 406 g/mol. The Morgan fingerprint density at radius 1 is 0.879 bits per heavy atom. The van der Waals surface area contributed by atoms with Crippen molar-refractivity contribution in [1.29, 1.82) is 0 Å². The van der Waals surface area contributed by atoms with Gasteiger partial charge in [0.05, 0.1) is 12.7 Å². The van der Waals surface area contributed by atoms with E-state index in [0.717, 1.165) is 51.4 Å². The summed E-state index contributed by atoms with van der Waals surface area (Å²) >= 11 is 0. The standard InChI is InChI=1S/C30H51NO2/c1-24(2)14-16-29(19-32)17-15-28(7)22(30(29,31)18-24)9-8-21-26(5)12-11-23(33)25(3,4)20(26)10-13-27(21,28)6/h9,20-21,23,32-33H,8,10-19,31H2,1-7H3/t20?,21?,23-,26-,27+,28+,29+,30+/m0/s1. The van der Waals surface area contributed by atoms with E-state index in [-0.39, 0.29) is 45.2 Å². The summed E-state index contributed by atoms with van der Waals surface area (Å²) in [6.07, 6.45) is 13.4. The Hall–Kier alpha value is -0.380. The Labute approximate surface area is 203 Å². The van der Waals surface area contributed by atoms with Gasteiger partial charge in [-0.3, -0.25) is 0 Å². The van der Waals surface area contributed by atoms with Crippen LogP contribution in [0.15, 0.2) is 11.6 Å². The Morgan fingerprint density at radius 2 is 1.55 bits per heavy atom. The molecule has 0 aromatic rings. The first-order valence-electron chi connectivity index (χ1n) is 13.9. The van der Waals surface area contributed by atoms with E-state index in [0.29, 0.717) is 11.8 Å². The second-order valence-electron chi connectivity index (χ2n) is 15.4. The minimum atomic E-state index is -0.399. The lowest BCUT2D eigenvalue weighted by Gasteiger charge is -2.73. The van der Waals surface area contributed by atoms with Crippen molar-refractivity contribution in [3.8, 4) is 0 Å². The van der Waals surface area contributed by atoms with Crippen molar-refractivity contribution in [3.05, 3.63) is 11.6 Å². The molecule has 188 valence electrons. The van der Waals surface area contributed by atoms with Crippen molar-refractivity contribution in [3.63, 3.8) is 0 Å². The predicted molar refractivity (Wildman–Crippen MR) is 136 cm³/mol. The zero-order chi connectivity index (χ0) is 24.3. The molecule has 0 bridgehead atoms. The fourth-order valence-electron chi connectivity index (χ4n) is 10.9. The van der Waals surface area contributed by atoms with Crippen LogP contribution in [0.4, 0.5) is 0 Å². The van der Waals surface area contributed by atoms with Crippen LogP contribution in [0.2, 0.25) is 0 Å². The Morgan fingerprint density at radius 3 is 2.21 bits per heavy atom. The second-order valence-corrected chi connectivity index (χ2v) is 15.4. The van der Waals surface area contributed by atoms with Crippen LogP contribution in [-0.4, -0.2) is 28.5 Å². The highest BCUT2D eigenvalue weighted by Crippen LogP contribution is 2.76. The summed E-state index contributed by atoms with van der Waals surface area (Å²) in [5.74, 6) is 1.21. The largest absolute Gasteiger partial charge is 0.396 e. The molecule has 5 aliphatic carbocycles. The maximum Gasteiger partial charge on any atom is 0.0594 e.